The number of hydrogen-bond donors (Lipinski definition) is 0. The predicted molar refractivity (Wildman–Crippen MR) is 75.5 cm³/mol. The molecule has 6 heteroatoms. The quantitative estimate of drug-likeness (QED) is 0.763. The third-order valence-corrected chi connectivity index (χ3v) is 3.48. The van der Waals surface area contributed by atoms with E-state index in [-0.39, 0.29) is 21.2 Å². The van der Waals surface area contributed by atoms with Gasteiger partial charge in [-0.25, -0.2) is 8.78 Å². The number of ketones is 1. The van der Waals surface area contributed by atoms with Crippen molar-refractivity contribution in [2.24, 2.45) is 0 Å². The molecule has 21 heavy (non-hydrogen) atoms. The Morgan fingerprint density at radius 1 is 1.05 bits per heavy atom. The van der Waals surface area contributed by atoms with Crippen molar-refractivity contribution in [2.45, 2.75) is 5.92 Å². The molecule has 0 N–H and O–H groups in total. The van der Waals surface area contributed by atoms with Gasteiger partial charge in [0.1, 0.15) is 11.7 Å². The fourth-order valence-corrected chi connectivity index (χ4v) is 2.22. The Morgan fingerprint density at radius 3 is 2.24 bits per heavy atom. The zero-order valence-electron chi connectivity index (χ0n) is 10.4. The van der Waals surface area contributed by atoms with E-state index in [2.05, 4.69) is 0 Å². The van der Waals surface area contributed by atoms with Gasteiger partial charge in [0.15, 0.2) is 11.6 Å². The molecule has 0 amide bonds. The van der Waals surface area contributed by atoms with Gasteiger partial charge in [0, 0.05) is 5.56 Å². The van der Waals surface area contributed by atoms with Gasteiger partial charge in [0.05, 0.1) is 21.7 Å². The molecule has 0 saturated carbocycles. The maximum absolute atomic E-state index is 13.9. The maximum Gasteiger partial charge on any atom is 0.187 e. The van der Waals surface area contributed by atoms with Crippen molar-refractivity contribution in [3.8, 4) is 6.07 Å². The molecule has 0 bridgehead atoms. The smallest absolute Gasteiger partial charge is 0.187 e. The lowest BCUT2D eigenvalue weighted by atomic mass is 9.91. The minimum atomic E-state index is -1.50. The summed E-state index contributed by atoms with van der Waals surface area (Å²) in [4.78, 5) is 12.3. The van der Waals surface area contributed by atoms with E-state index >= 15 is 0 Å². The Labute approximate surface area is 129 Å². The van der Waals surface area contributed by atoms with Crippen molar-refractivity contribution in [3.05, 3.63) is 69.2 Å². The Balaban J connectivity index is 2.52. The van der Waals surface area contributed by atoms with Crippen LogP contribution in [0.25, 0.3) is 0 Å². The second kappa shape index (κ2) is 6.21. The molecule has 0 aromatic heterocycles. The van der Waals surface area contributed by atoms with Crippen LogP contribution < -0.4 is 0 Å². The van der Waals surface area contributed by atoms with Gasteiger partial charge in [-0.1, -0.05) is 41.4 Å². The van der Waals surface area contributed by atoms with Crippen LogP contribution in [0.1, 0.15) is 21.8 Å². The number of Topliss-reactive ketones (excluding diaryl/α,β-unsaturated/α-hetero) is 1. The van der Waals surface area contributed by atoms with Gasteiger partial charge in [0.25, 0.3) is 0 Å². The second-order valence-electron chi connectivity index (χ2n) is 4.17. The fourth-order valence-electron chi connectivity index (χ4n) is 1.86. The van der Waals surface area contributed by atoms with Gasteiger partial charge < -0.3 is 0 Å². The summed E-state index contributed by atoms with van der Waals surface area (Å²) in [5.74, 6) is -4.19. The Kier molecular flexibility index (Phi) is 4.56. The first kappa shape index (κ1) is 15.4. The minimum Gasteiger partial charge on any atom is -0.292 e. The van der Waals surface area contributed by atoms with E-state index in [0.717, 1.165) is 0 Å². The molecule has 0 saturated heterocycles. The third-order valence-electron chi connectivity index (χ3n) is 2.90. The van der Waals surface area contributed by atoms with Crippen LogP contribution >= 0.6 is 23.2 Å². The summed E-state index contributed by atoms with van der Waals surface area (Å²) in [6.07, 6.45) is 0. The molecule has 0 aliphatic heterocycles. The predicted octanol–water partition coefficient (Wildman–Crippen LogP) is 4.76. The summed E-state index contributed by atoms with van der Waals surface area (Å²) in [5.41, 5.74) is -0.567. The molecule has 0 spiro atoms. The molecule has 0 fully saturated rings. The number of benzene rings is 2. The van der Waals surface area contributed by atoms with Gasteiger partial charge in [-0.2, -0.15) is 5.26 Å². The summed E-state index contributed by atoms with van der Waals surface area (Å²) < 4.78 is 27.8. The van der Waals surface area contributed by atoms with Crippen molar-refractivity contribution in [1.29, 1.82) is 5.26 Å². The van der Waals surface area contributed by atoms with Crippen LogP contribution in [-0.2, 0) is 0 Å². The van der Waals surface area contributed by atoms with E-state index in [1.165, 1.54) is 36.4 Å². The van der Waals surface area contributed by atoms with Crippen LogP contribution in [0.4, 0.5) is 8.78 Å². The van der Waals surface area contributed by atoms with Gasteiger partial charge >= 0.3 is 0 Å². The summed E-state index contributed by atoms with van der Waals surface area (Å²) in [6, 6.07) is 9.47. The van der Waals surface area contributed by atoms with Crippen LogP contribution in [0.5, 0.6) is 0 Å². The Bertz CT molecular complexity index is 756. The van der Waals surface area contributed by atoms with Crippen molar-refractivity contribution >= 4 is 29.0 Å². The second-order valence-corrected chi connectivity index (χ2v) is 4.99. The van der Waals surface area contributed by atoms with Crippen molar-refractivity contribution < 1.29 is 13.6 Å². The standard InChI is InChI=1S/C15H7Cl2F2NO/c16-11-5-1-3-8(13(11)18)10(7-20)15(21)9-4-2-6-12(17)14(9)19/h1-6,10H. The molecule has 0 radical (unpaired) electrons. The largest absolute Gasteiger partial charge is 0.292 e. The van der Waals surface area contributed by atoms with E-state index in [9.17, 15) is 13.6 Å². The average Bonchev–Trinajstić information content (AvgIpc) is 2.47. The number of carbonyl (C=O) groups excluding carboxylic acids is 1. The Morgan fingerprint density at radius 2 is 1.62 bits per heavy atom. The van der Waals surface area contributed by atoms with Crippen LogP contribution in [0.15, 0.2) is 36.4 Å². The highest BCUT2D eigenvalue weighted by atomic mass is 35.5. The number of carbonyl (C=O) groups is 1. The number of nitrogens with zero attached hydrogens (tertiary/aromatic N) is 1. The van der Waals surface area contributed by atoms with E-state index in [1.54, 1.807) is 6.07 Å². The van der Waals surface area contributed by atoms with Gasteiger partial charge in [-0.15, -0.1) is 0 Å². The molecule has 2 aromatic carbocycles. The first-order chi connectivity index (χ1) is 9.97. The molecule has 2 rings (SSSR count). The highest BCUT2D eigenvalue weighted by Gasteiger charge is 2.28. The van der Waals surface area contributed by atoms with Crippen molar-refractivity contribution in [2.75, 3.05) is 0 Å². The van der Waals surface area contributed by atoms with Crippen LogP contribution in [0, 0.1) is 23.0 Å². The summed E-state index contributed by atoms with van der Waals surface area (Å²) in [5, 5.41) is 8.69. The molecule has 2 nitrogen and oxygen atoms in total. The number of nitriles is 1. The van der Waals surface area contributed by atoms with Crippen molar-refractivity contribution in [3.63, 3.8) is 0 Å². The van der Waals surface area contributed by atoms with Crippen LogP contribution in [0.2, 0.25) is 10.0 Å². The zero-order chi connectivity index (χ0) is 15.6. The van der Waals surface area contributed by atoms with Crippen LogP contribution in [-0.4, -0.2) is 5.78 Å². The van der Waals surface area contributed by atoms with E-state index in [4.69, 9.17) is 28.5 Å². The summed E-state index contributed by atoms with van der Waals surface area (Å²) in [6.45, 7) is 0. The number of rotatable bonds is 3. The van der Waals surface area contributed by atoms with Gasteiger partial charge in [-0.05, 0) is 18.2 Å². The van der Waals surface area contributed by atoms with E-state index in [1.807, 2.05) is 0 Å². The first-order valence-corrected chi connectivity index (χ1v) is 6.54. The monoisotopic (exact) mass is 325 g/mol. The maximum atomic E-state index is 13.9. The summed E-state index contributed by atoms with van der Waals surface area (Å²) >= 11 is 11.2. The molecule has 1 atom stereocenters. The highest BCUT2D eigenvalue weighted by Crippen LogP contribution is 2.29. The molecule has 0 aliphatic rings. The molecule has 0 aliphatic carbocycles. The van der Waals surface area contributed by atoms with Crippen molar-refractivity contribution in [1.82, 2.24) is 0 Å². The SMILES string of the molecule is N#CC(C(=O)c1cccc(Cl)c1F)c1cccc(Cl)c1F. The summed E-state index contributed by atoms with van der Waals surface area (Å²) in [7, 11) is 0. The van der Waals surface area contributed by atoms with Crippen LogP contribution in [0.3, 0.4) is 0 Å². The zero-order valence-corrected chi connectivity index (χ0v) is 11.9. The molecular formula is C15H7Cl2F2NO. The van der Waals surface area contributed by atoms with E-state index in [0.29, 0.717) is 0 Å². The first-order valence-electron chi connectivity index (χ1n) is 5.79. The molecule has 0 heterocycles. The number of hydrogen-bond acceptors (Lipinski definition) is 2. The van der Waals surface area contributed by atoms with Gasteiger partial charge in [-0.3, -0.25) is 4.79 Å². The van der Waals surface area contributed by atoms with Gasteiger partial charge in [0.2, 0.25) is 0 Å². The topological polar surface area (TPSA) is 40.9 Å². The highest BCUT2D eigenvalue weighted by molar-refractivity contribution is 6.31. The lowest BCUT2D eigenvalue weighted by molar-refractivity contribution is 0.0973. The number of halogens is 4. The molecular weight excluding hydrogens is 319 g/mol. The average molecular weight is 326 g/mol. The lowest BCUT2D eigenvalue weighted by Crippen LogP contribution is -2.14. The molecule has 1 unspecified atom stereocenters. The molecule has 106 valence electrons. The van der Waals surface area contributed by atoms with E-state index < -0.39 is 23.3 Å². The Hall–Kier alpha value is -1.96. The molecule has 2 aromatic rings. The lowest BCUT2D eigenvalue weighted by Gasteiger charge is -2.11. The normalized spacial score (nSPS) is 11.8. The fraction of sp³-hybridized carbons (Fsp3) is 0.0667. The third kappa shape index (κ3) is 2.90. The minimum absolute atomic E-state index is 0.200.